The van der Waals surface area contributed by atoms with E-state index in [9.17, 15) is 14.9 Å². The summed E-state index contributed by atoms with van der Waals surface area (Å²) in [5.41, 5.74) is 1.07. The number of carbonyl (C=O) groups excluding carboxylic acids is 1. The Morgan fingerprint density at radius 3 is 2.79 bits per heavy atom. The van der Waals surface area contributed by atoms with Crippen molar-refractivity contribution in [2.24, 2.45) is 0 Å². The zero-order chi connectivity index (χ0) is 14.0. The van der Waals surface area contributed by atoms with E-state index in [1.54, 1.807) is 4.90 Å². The summed E-state index contributed by atoms with van der Waals surface area (Å²) in [7, 11) is 0. The Kier molecular flexibility index (Phi) is 3.85. The van der Waals surface area contributed by atoms with E-state index in [2.05, 4.69) is 0 Å². The maximum absolute atomic E-state index is 12.3. The standard InChI is InChI=1S/C13H13ClN2O3/c1-9-4-6-15(7-5-9)13(17)11-8-10(14)2-3-12(11)16(18)19/h2-4,8H,5-7H2,1H3. The molecule has 1 aromatic carbocycles. The Morgan fingerprint density at radius 1 is 1.47 bits per heavy atom. The first kappa shape index (κ1) is 13.5. The van der Waals surface area contributed by atoms with Crippen molar-refractivity contribution in [1.82, 2.24) is 4.90 Å². The van der Waals surface area contributed by atoms with Crippen LogP contribution < -0.4 is 0 Å². The number of amides is 1. The van der Waals surface area contributed by atoms with Crippen LogP contribution in [0.1, 0.15) is 23.7 Å². The van der Waals surface area contributed by atoms with Gasteiger partial charge in [0.2, 0.25) is 0 Å². The van der Waals surface area contributed by atoms with Gasteiger partial charge in [0.15, 0.2) is 0 Å². The van der Waals surface area contributed by atoms with Crippen LogP contribution in [0.5, 0.6) is 0 Å². The number of nitro groups is 1. The van der Waals surface area contributed by atoms with E-state index in [0.717, 1.165) is 6.42 Å². The molecule has 1 heterocycles. The average Bonchev–Trinajstić information content (AvgIpc) is 2.38. The molecule has 0 atom stereocenters. The molecule has 0 aromatic heterocycles. The molecule has 1 aliphatic heterocycles. The van der Waals surface area contributed by atoms with E-state index in [0.29, 0.717) is 18.1 Å². The van der Waals surface area contributed by atoms with Crippen molar-refractivity contribution in [3.8, 4) is 0 Å². The lowest BCUT2D eigenvalue weighted by Crippen LogP contribution is -2.35. The lowest BCUT2D eigenvalue weighted by molar-refractivity contribution is -0.385. The molecule has 0 spiro atoms. The SMILES string of the molecule is CC1=CCN(C(=O)c2cc(Cl)ccc2[N+](=O)[O-])CC1. The fourth-order valence-electron chi connectivity index (χ4n) is 1.96. The Bertz CT molecular complexity index is 569. The maximum Gasteiger partial charge on any atom is 0.282 e. The molecule has 0 aliphatic carbocycles. The predicted molar refractivity (Wildman–Crippen MR) is 72.4 cm³/mol. The minimum absolute atomic E-state index is 0.0467. The van der Waals surface area contributed by atoms with Crippen molar-refractivity contribution in [2.45, 2.75) is 13.3 Å². The van der Waals surface area contributed by atoms with Crippen molar-refractivity contribution >= 4 is 23.2 Å². The summed E-state index contributed by atoms with van der Waals surface area (Å²) in [6.45, 7) is 3.06. The highest BCUT2D eigenvalue weighted by atomic mass is 35.5. The second-order valence-electron chi connectivity index (χ2n) is 4.47. The molecule has 0 unspecified atom stereocenters. The molecule has 2 rings (SSSR count). The van der Waals surface area contributed by atoms with Crippen LogP contribution in [0.25, 0.3) is 0 Å². The molecule has 0 N–H and O–H groups in total. The van der Waals surface area contributed by atoms with E-state index in [4.69, 9.17) is 11.6 Å². The second-order valence-corrected chi connectivity index (χ2v) is 4.91. The van der Waals surface area contributed by atoms with Crippen LogP contribution in [0.2, 0.25) is 5.02 Å². The monoisotopic (exact) mass is 280 g/mol. The summed E-state index contributed by atoms with van der Waals surface area (Å²) >= 11 is 5.82. The summed E-state index contributed by atoms with van der Waals surface area (Å²) in [5.74, 6) is -0.349. The van der Waals surface area contributed by atoms with Gasteiger partial charge in [-0.25, -0.2) is 0 Å². The first-order valence-electron chi connectivity index (χ1n) is 5.88. The zero-order valence-electron chi connectivity index (χ0n) is 10.4. The summed E-state index contributed by atoms with van der Waals surface area (Å²) in [6, 6.07) is 4.03. The fourth-order valence-corrected chi connectivity index (χ4v) is 2.14. The number of rotatable bonds is 2. The van der Waals surface area contributed by atoms with Crippen LogP contribution in [0, 0.1) is 10.1 Å². The first-order chi connectivity index (χ1) is 8.99. The van der Waals surface area contributed by atoms with E-state index < -0.39 is 4.92 Å². The zero-order valence-corrected chi connectivity index (χ0v) is 11.2. The summed E-state index contributed by atoms with van der Waals surface area (Å²) in [4.78, 5) is 24.3. The van der Waals surface area contributed by atoms with Gasteiger partial charge in [-0.3, -0.25) is 14.9 Å². The normalized spacial score (nSPS) is 15.1. The maximum atomic E-state index is 12.3. The van der Waals surface area contributed by atoms with Crippen molar-refractivity contribution in [3.05, 3.63) is 50.5 Å². The number of carbonyl (C=O) groups is 1. The van der Waals surface area contributed by atoms with Crippen LogP contribution in [0.4, 0.5) is 5.69 Å². The molecule has 0 radical (unpaired) electrons. The molecule has 0 bridgehead atoms. The number of benzene rings is 1. The van der Waals surface area contributed by atoms with Gasteiger partial charge >= 0.3 is 0 Å². The van der Waals surface area contributed by atoms with E-state index in [1.807, 2.05) is 13.0 Å². The van der Waals surface area contributed by atoms with Crippen LogP contribution in [-0.4, -0.2) is 28.8 Å². The second kappa shape index (κ2) is 5.40. The number of hydrogen-bond acceptors (Lipinski definition) is 3. The number of hydrogen-bond donors (Lipinski definition) is 0. The van der Waals surface area contributed by atoms with Gasteiger partial charge in [-0.15, -0.1) is 0 Å². The highest BCUT2D eigenvalue weighted by Crippen LogP contribution is 2.25. The molecule has 0 fully saturated rings. The highest BCUT2D eigenvalue weighted by molar-refractivity contribution is 6.31. The van der Waals surface area contributed by atoms with E-state index in [1.165, 1.54) is 23.8 Å². The quantitative estimate of drug-likeness (QED) is 0.475. The molecule has 19 heavy (non-hydrogen) atoms. The summed E-state index contributed by atoms with van der Waals surface area (Å²) in [5, 5.41) is 11.3. The van der Waals surface area contributed by atoms with Crippen molar-refractivity contribution < 1.29 is 9.72 Å². The number of halogens is 1. The molecule has 6 heteroatoms. The van der Waals surface area contributed by atoms with Gasteiger partial charge in [-0.05, 0) is 25.5 Å². The third kappa shape index (κ3) is 2.93. The lowest BCUT2D eigenvalue weighted by atomic mass is 10.1. The lowest BCUT2D eigenvalue weighted by Gasteiger charge is -2.25. The van der Waals surface area contributed by atoms with Crippen molar-refractivity contribution in [2.75, 3.05) is 13.1 Å². The van der Waals surface area contributed by atoms with Crippen LogP contribution >= 0.6 is 11.6 Å². The largest absolute Gasteiger partial charge is 0.334 e. The van der Waals surface area contributed by atoms with E-state index >= 15 is 0 Å². The molecular formula is C13H13ClN2O3. The summed E-state index contributed by atoms with van der Waals surface area (Å²) in [6.07, 6.45) is 2.75. The van der Waals surface area contributed by atoms with Crippen molar-refractivity contribution in [1.29, 1.82) is 0 Å². The molecule has 5 nitrogen and oxygen atoms in total. The number of nitrogens with zero attached hydrogens (tertiary/aromatic N) is 2. The third-order valence-corrected chi connectivity index (χ3v) is 3.34. The van der Waals surface area contributed by atoms with Gasteiger partial charge in [0.25, 0.3) is 11.6 Å². The Morgan fingerprint density at radius 2 is 2.21 bits per heavy atom. The Hall–Kier alpha value is -1.88. The van der Waals surface area contributed by atoms with E-state index in [-0.39, 0.29) is 17.2 Å². The molecule has 0 saturated carbocycles. The topological polar surface area (TPSA) is 63.5 Å². The first-order valence-corrected chi connectivity index (χ1v) is 6.25. The molecule has 100 valence electrons. The predicted octanol–water partition coefficient (Wildman–Crippen LogP) is 3.04. The van der Waals surface area contributed by atoms with Crippen molar-refractivity contribution in [3.63, 3.8) is 0 Å². The van der Waals surface area contributed by atoms with Gasteiger partial charge in [0.1, 0.15) is 5.56 Å². The molecular weight excluding hydrogens is 268 g/mol. The van der Waals surface area contributed by atoms with Gasteiger partial charge in [-0.1, -0.05) is 23.3 Å². The third-order valence-electron chi connectivity index (χ3n) is 3.11. The van der Waals surface area contributed by atoms with Crippen LogP contribution in [-0.2, 0) is 0 Å². The molecule has 1 aromatic rings. The Labute approximate surface area is 115 Å². The molecule has 0 saturated heterocycles. The van der Waals surface area contributed by atoms with Crippen LogP contribution in [0.3, 0.4) is 0 Å². The smallest absolute Gasteiger partial charge is 0.282 e. The van der Waals surface area contributed by atoms with Crippen LogP contribution in [0.15, 0.2) is 29.8 Å². The van der Waals surface area contributed by atoms with Gasteiger partial charge < -0.3 is 4.90 Å². The minimum atomic E-state index is -0.561. The van der Waals surface area contributed by atoms with Gasteiger partial charge in [0.05, 0.1) is 4.92 Å². The molecule has 1 amide bonds. The van der Waals surface area contributed by atoms with Gasteiger partial charge in [-0.2, -0.15) is 0 Å². The minimum Gasteiger partial charge on any atom is -0.334 e. The fraction of sp³-hybridized carbons (Fsp3) is 0.308. The average molecular weight is 281 g/mol. The Balaban J connectivity index is 2.33. The summed E-state index contributed by atoms with van der Waals surface area (Å²) < 4.78 is 0. The van der Waals surface area contributed by atoms with Gasteiger partial charge in [0, 0.05) is 24.2 Å². The molecule has 1 aliphatic rings. The number of nitro benzene ring substituents is 1. The highest BCUT2D eigenvalue weighted by Gasteiger charge is 2.25.